The van der Waals surface area contributed by atoms with Gasteiger partial charge in [-0.25, -0.2) is 0 Å². The smallest absolute Gasteiger partial charge is 0.0484 e. The van der Waals surface area contributed by atoms with Gasteiger partial charge in [-0.05, 0) is 36.6 Å². The van der Waals surface area contributed by atoms with Crippen LogP contribution in [0.1, 0.15) is 51.3 Å². The SMILES string of the molecule is CCNC1c2ccccc2CC1N(CC)CC(C)CC. The lowest BCUT2D eigenvalue weighted by Gasteiger charge is -2.34. The van der Waals surface area contributed by atoms with Crippen molar-refractivity contribution in [2.24, 2.45) is 5.92 Å². The first-order valence-corrected chi connectivity index (χ1v) is 8.26. The van der Waals surface area contributed by atoms with Crippen molar-refractivity contribution in [1.29, 1.82) is 0 Å². The molecule has 112 valence electrons. The van der Waals surface area contributed by atoms with Crippen molar-refractivity contribution in [3.05, 3.63) is 35.4 Å². The van der Waals surface area contributed by atoms with Crippen LogP contribution in [-0.2, 0) is 6.42 Å². The van der Waals surface area contributed by atoms with Gasteiger partial charge in [-0.1, -0.05) is 58.4 Å². The Morgan fingerprint density at radius 2 is 2.00 bits per heavy atom. The lowest BCUT2D eigenvalue weighted by Crippen LogP contribution is -2.44. The third kappa shape index (κ3) is 3.24. The Bertz CT molecular complexity index is 416. The van der Waals surface area contributed by atoms with Crippen molar-refractivity contribution >= 4 is 0 Å². The zero-order chi connectivity index (χ0) is 14.5. The Balaban J connectivity index is 2.18. The largest absolute Gasteiger partial charge is 0.309 e. The van der Waals surface area contributed by atoms with Crippen LogP contribution >= 0.6 is 0 Å². The summed E-state index contributed by atoms with van der Waals surface area (Å²) in [6.45, 7) is 12.6. The second kappa shape index (κ2) is 7.24. The van der Waals surface area contributed by atoms with Crippen LogP contribution < -0.4 is 5.32 Å². The molecule has 0 aromatic heterocycles. The average molecular weight is 274 g/mol. The molecule has 1 aliphatic rings. The van der Waals surface area contributed by atoms with Crippen LogP contribution in [0.5, 0.6) is 0 Å². The molecule has 0 spiro atoms. The molecule has 1 aliphatic carbocycles. The molecule has 2 nitrogen and oxygen atoms in total. The van der Waals surface area contributed by atoms with Crippen molar-refractivity contribution in [3.63, 3.8) is 0 Å². The Kier molecular flexibility index (Phi) is 5.62. The number of benzene rings is 1. The molecule has 20 heavy (non-hydrogen) atoms. The third-order valence-corrected chi connectivity index (χ3v) is 4.75. The number of nitrogens with one attached hydrogen (secondary N) is 1. The highest BCUT2D eigenvalue weighted by molar-refractivity contribution is 5.37. The summed E-state index contributed by atoms with van der Waals surface area (Å²) in [4.78, 5) is 2.68. The normalized spacial score (nSPS) is 23.1. The van der Waals surface area contributed by atoms with Crippen LogP contribution in [0.3, 0.4) is 0 Å². The molecule has 1 aromatic carbocycles. The summed E-state index contributed by atoms with van der Waals surface area (Å²) in [5.41, 5.74) is 3.05. The fourth-order valence-electron chi connectivity index (χ4n) is 3.41. The zero-order valence-electron chi connectivity index (χ0n) is 13.5. The maximum Gasteiger partial charge on any atom is 0.0484 e. The molecule has 3 atom stereocenters. The van der Waals surface area contributed by atoms with Gasteiger partial charge in [-0.3, -0.25) is 4.90 Å². The van der Waals surface area contributed by atoms with Crippen molar-refractivity contribution in [1.82, 2.24) is 10.2 Å². The first-order valence-electron chi connectivity index (χ1n) is 8.26. The Labute approximate surface area is 124 Å². The fraction of sp³-hybridized carbons (Fsp3) is 0.667. The summed E-state index contributed by atoms with van der Waals surface area (Å²) in [6.07, 6.45) is 2.46. The van der Waals surface area contributed by atoms with Gasteiger partial charge in [0.15, 0.2) is 0 Å². The number of likely N-dealkylation sites (N-methyl/N-ethyl adjacent to an activating group) is 2. The number of hydrogen-bond donors (Lipinski definition) is 1. The number of rotatable bonds is 7. The highest BCUT2D eigenvalue weighted by Crippen LogP contribution is 2.34. The van der Waals surface area contributed by atoms with Crippen LogP contribution in [0.15, 0.2) is 24.3 Å². The van der Waals surface area contributed by atoms with Crippen LogP contribution in [0.25, 0.3) is 0 Å². The lowest BCUT2D eigenvalue weighted by atomic mass is 10.0. The third-order valence-electron chi connectivity index (χ3n) is 4.75. The van der Waals surface area contributed by atoms with E-state index < -0.39 is 0 Å². The quantitative estimate of drug-likeness (QED) is 0.817. The average Bonchev–Trinajstić information content (AvgIpc) is 2.84. The number of nitrogens with zero attached hydrogens (tertiary/aromatic N) is 1. The standard InChI is InChI=1S/C18H30N2/c1-5-14(4)13-20(7-3)17-12-15-10-8-9-11-16(15)18(17)19-6-2/h8-11,14,17-19H,5-7,12-13H2,1-4H3. The van der Waals surface area contributed by atoms with Crippen LogP contribution in [-0.4, -0.2) is 30.6 Å². The van der Waals surface area contributed by atoms with Gasteiger partial charge in [0, 0.05) is 18.6 Å². The number of fused-ring (bicyclic) bond motifs is 1. The van der Waals surface area contributed by atoms with Crippen molar-refractivity contribution in [2.75, 3.05) is 19.6 Å². The molecular formula is C18H30N2. The molecule has 1 aromatic rings. The zero-order valence-corrected chi connectivity index (χ0v) is 13.5. The molecule has 0 amide bonds. The van der Waals surface area contributed by atoms with E-state index in [4.69, 9.17) is 0 Å². The van der Waals surface area contributed by atoms with E-state index in [1.54, 1.807) is 0 Å². The van der Waals surface area contributed by atoms with Crippen molar-refractivity contribution in [2.45, 2.75) is 52.6 Å². The maximum atomic E-state index is 3.72. The highest BCUT2D eigenvalue weighted by Gasteiger charge is 2.35. The van der Waals surface area contributed by atoms with E-state index in [0.717, 1.165) is 19.0 Å². The van der Waals surface area contributed by atoms with E-state index in [2.05, 4.69) is 62.2 Å². The highest BCUT2D eigenvalue weighted by atomic mass is 15.2. The Morgan fingerprint density at radius 1 is 1.25 bits per heavy atom. The van der Waals surface area contributed by atoms with Gasteiger partial charge in [-0.2, -0.15) is 0 Å². The van der Waals surface area contributed by atoms with Gasteiger partial charge in [-0.15, -0.1) is 0 Å². The minimum Gasteiger partial charge on any atom is -0.309 e. The predicted octanol–water partition coefficient (Wildman–Crippen LogP) is 3.63. The van der Waals surface area contributed by atoms with Crippen LogP contribution in [0.4, 0.5) is 0 Å². The fourth-order valence-corrected chi connectivity index (χ4v) is 3.41. The van der Waals surface area contributed by atoms with E-state index in [9.17, 15) is 0 Å². The monoisotopic (exact) mass is 274 g/mol. The second-order valence-electron chi connectivity index (χ2n) is 6.11. The lowest BCUT2D eigenvalue weighted by molar-refractivity contribution is 0.152. The van der Waals surface area contributed by atoms with E-state index >= 15 is 0 Å². The molecule has 2 heteroatoms. The summed E-state index contributed by atoms with van der Waals surface area (Å²) < 4.78 is 0. The summed E-state index contributed by atoms with van der Waals surface area (Å²) in [5, 5.41) is 3.72. The first-order chi connectivity index (χ1) is 9.71. The summed E-state index contributed by atoms with van der Waals surface area (Å²) >= 11 is 0. The molecule has 0 bridgehead atoms. The van der Waals surface area contributed by atoms with Crippen LogP contribution in [0, 0.1) is 5.92 Å². The van der Waals surface area contributed by atoms with E-state index in [0.29, 0.717) is 12.1 Å². The molecule has 2 rings (SSSR count). The second-order valence-corrected chi connectivity index (χ2v) is 6.11. The summed E-state index contributed by atoms with van der Waals surface area (Å²) in [5.74, 6) is 0.779. The van der Waals surface area contributed by atoms with Gasteiger partial charge >= 0.3 is 0 Å². The van der Waals surface area contributed by atoms with Gasteiger partial charge in [0.2, 0.25) is 0 Å². The molecule has 0 aliphatic heterocycles. The molecule has 1 N–H and O–H groups in total. The van der Waals surface area contributed by atoms with Crippen molar-refractivity contribution in [3.8, 4) is 0 Å². The van der Waals surface area contributed by atoms with E-state index in [-0.39, 0.29) is 0 Å². The molecule has 0 fully saturated rings. The van der Waals surface area contributed by atoms with Crippen LogP contribution in [0.2, 0.25) is 0 Å². The molecule has 0 radical (unpaired) electrons. The molecule has 3 unspecified atom stereocenters. The minimum absolute atomic E-state index is 0.500. The summed E-state index contributed by atoms with van der Waals surface area (Å²) in [6, 6.07) is 10.1. The minimum atomic E-state index is 0.500. The Hall–Kier alpha value is -0.860. The Morgan fingerprint density at radius 3 is 2.65 bits per heavy atom. The molecule has 0 saturated carbocycles. The van der Waals surface area contributed by atoms with Crippen molar-refractivity contribution < 1.29 is 0 Å². The summed E-state index contributed by atoms with van der Waals surface area (Å²) in [7, 11) is 0. The van der Waals surface area contributed by atoms with Gasteiger partial charge in [0.05, 0.1) is 0 Å². The number of hydrogen-bond acceptors (Lipinski definition) is 2. The molecular weight excluding hydrogens is 244 g/mol. The van der Waals surface area contributed by atoms with E-state index in [1.807, 2.05) is 0 Å². The topological polar surface area (TPSA) is 15.3 Å². The van der Waals surface area contributed by atoms with E-state index in [1.165, 1.54) is 30.5 Å². The van der Waals surface area contributed by atoms with Gasteiger partial charge in [0.25, 0.3) is 0 Å². The predicted molar refractivity (Wildman–Crippen MR) is 87.1 cm³/mol. The molecule has 0 heterocycles. The van der Waals surface area contributed by atoms with Gasteiger partial charge < -0.3 is 5.32 Å². The first kappa shape index (κ1) is 15.5. The molecule has 0 saturated heterocycles. The van der Waals surface area contributed by atoms with Gasteiger partial charge in [0.1, 0.15) is 0 Å². The maximum absolute atomic E-state index is 3.72.